The van der Waals surface area contributed by atoms with E-state index in [0.717, 1.165) is 17.7 Å². The van der Waals surface area contributed by atoms with Crippen molar-refractivity contribution in [3.63, 3.8) is 0 Å². The normalized spacial score (nSPS) is 13.5. The van der Waals surface area contributed by atoms with Gasteiger partial charge in [0, 0.05) is 12.6 Å². The van der Waals surface area contributed by atoms with Gasteiger partial charge in [0.25, 0.3) is 0 Å². The van der Waals surface area contributed by atoms with Gasteiger partial charge in [0.2, 0.25) is 0 Å². The summed E-state index contributed by atoms with van der Waals surface area (Å²) in [5.41, 5.74) is 7.93. The van der Waals surface area contributed by atoms with Gasteiger partial charge in [0.05, 0.1) is 0 Å². The SMILES string of the molecule is Cc1ccc(F)cc1C(CN)NCC(C(C)C)C(C)C. The molecule has 114 valence electrons. The fraction of sp³-hybridized carbons (Fsp3) is 0.647. The molecule has 0 aliphatic heterocycles. The predicted octanol–water partition coefficient (Wildman–Crippen LogP) is 3.65. The number of halogens is 1. The second-order valence-electron chi connectivity index (χ2n) is 6.35. The predicted molar refractivity (Wildman–Crippen MR) is 84.1 cm³/mol. The first kappa shape index (κ1) is 17.1. The minimum atomic E-state index is -0.199. The zero-order valence-corrected chi connectivity index (χ0v) is 13.4. The van der Waals surface area contributed by atoms with Crippen LogP contribution in [-0.2, 0) is 0 Å². The number of aryl methyl sites for hydroxylation is 1. The molecule has 1 aromatic rings. The van der Waals surface area contributed by atoms with Gasteiger partial charge >= 0.3 is 0 Å². The molecule has 1 atom stereocenters. The zero-order valence-electron chi connectivity index (χ0n) is 13.4. The van der Waals surface area contributed by atoms with E-state index in [1.165, 1.54) is 6.07 Å². The first-order valence-electron chi connectivity index (χ1n) is 7.56. The van der Waals surface area contributed by atoms with Gasteiger partial charge in [-0.1, -0.05) is 33.8 Å². The van der Waals surface area contributed by atoms with E-state index in [2.05, 4.69) is 33.0 Å². The van der Waals surface area contributed by atoms with Crippen LogP contribution in [0.15, 0.2) is 18.2 Å². The van der Waals surface area contributed by atoms with Crippen LogP contribution in [-0.4, -0.2) is 13.1 Å². The fourth-order valence-corrected chi connectivity index (χ4v) is 2.83. The minimum absolute atomic E-state index is 0.0192. The number of rotatable bonds is 7. The number of nitrogens with one attached hydrogen (secondary N) is 1. The minimum Gasteiger partial charge on any atom is -0.329 e. The van der Waals surface area contributed by atoms with E-state index in [0.29, 0.717) is 24.3 Å². The lowest BCUT2D eigenvalue weighted by Crippen LogP contribution is -2.36. The summed E-state index contributed by atoms with van der Waals surface area (Å²) in [6.07, 6.45) is 0. The number of nitrogens with two attached hydrogens (primary N) is 1. The van der Waals surface area contributed by atoms with Crippen LogP contribution in [0.2, 0.25) is 0 Å². The molecule has 1 aromatic carbocycles. The van der Waals surface area contributed by atoms with E-state index in [4.69, 9.17) is 5.73 Å². The molecule has 0 fully saturated rings. The molecule has 0 amide bonds. The van der Waals surface area contributed by atoms with Crippen molar-refractivity contribution in [2.24, 2.45) is 23.5 Å². The van der Waals surface area contributed by atoms with Crippen molar-refractivity contribution in [1.29, 1.82) is 0 Å². The van der Waals surface area contributed by atoms with E-state index in [1.54, 1.807) is 6.07 Å². The van der Waals surface area contributed by atoms with Gasteiger partial charge in [-0.05, 0) is 54.5 Å². The average molecular weight is 280 g/mol. The standard InChI is InChI=1S/C17H29FN2/c1-11(2)16(12(3)4)10-20-17(9-19)15-8-14(18)7-6-13(15)5/h6-8,11-12,16-17,20H,9-10,19H2,1-5H3. The molecule has 1 rings (SSSR count). The highest BCUT2D eigenvalue weighted by Gasteiger charge is 2.20. The molecule has 0 heterocycles. The third-order valence-electron chi connectivity index (χ3n) is 4.16. The van der Waals surface area contributed by atoms with Gasteiger partial charge in [0.15, 0.2) is 0 Å². The second-order valence-corrected chi connectivity index (χ2v) is 6.35. The molecule has 2 nitrogen and oxygen atoms in total. The highest BCUT2D eigenvalue weighted by atomic mass is 19.1. The molecule has 0 bridgehead atoms. The first-order valence-corrected chi connectivity index (χ1v) is 7.56. The summed E-state index contributed by atoms with van der Waals surface area (Å²) in [5, 5.41) is 3.52. The van der Waals surface area contributed by atoms with Gasteiger partial charge in [-0.25, -0.2) is 4.39 Å². The molecule has 0 aliphatic carbocycles. The van der Waals surface area contributed by atoms with Crippen LogP contribution < -0.4 is 11.1 Å². The van der Waals surface area contributed by atoms with E-state index in [-0.39, 0.29) is 11.9 Å². The average Bonchev–Trinajstić information content (AvgIpc) is 2.37. The summed E-state index contributed by atoms with van der Waals surface area (Å²) in [6, 6.07) is 4.93. The van der Waals surface area contributed by atoms with Gasteiger partial charge < -0.3 is 11.1 Å². The Morgan fingerprint density at radius 3 is 2.25 bits per heavy atom. The van der Waals surface area contributed by atoms with Crippen molar-refractivity contribution in [3.05, 3.63) is 35.1 Å². The molecule has 0 aromatic heterocycles. The summed E-state index contributed by atoms with van der Waals surface area (Å²) >= 11 is 0. The second kappa shape index (κ2) is 7.75. The summed E-state index contributed by atoms with van der Waals surface area (Å²) in [7, 11) is 0. The van der Waals surface area contributed by atoms with E-state index < -0.39 is 0 Å². The molecule has 20 heavy (non-hydrogen) atoms. The Bertz CT molecular complexity index is 407. The van der Waals surface area contributed by atoms with Gasteiger partial charge in [-0.2, -0.15) is 0 Å². The first-order chi connectivity index (χ1) is 9.36. The van der Waals surface area contributed by atoms with Crippen LogP contribution in [0.4, 0.5) is 4.39 Å². The molecule has 0 radical (unpaired) electrons. The van der Waals surface area contributed by atoms with Crippen LogP contribution in [0, 0.1) is 30.5 Å². The maximum Gasteiger partial charge on any atom is 0.123 e. The summed E-state index contributed by atoms with van der Waals surface area (Å²) in [6.45, 7) is 12.4. The van der Waals surface area contributed by atoms with Crippen LogP contribution in [0.1, 0.15) is 44.9 Å². The summed E-state index contributed by atoms with van der Waals surface area (Å²) in [5.74, 6) is 1.64. The Labute approximate surface area is 123 Å². The third-order valence-corrected chi connectivity index (χ3v) is 4.16. The largest absolute Gasteiger partial charge is 0.329 e. The molecule has 1 unspecified atom stereocenters. The number of hydrogen-bond acceptors (Lipinski definition) is 2. The van der Waals surface area contributed by atoms with Crippen molar-refractivity contribution >= 4 is 0 Å². The molecule has 0 saturated carbocycles. The van der Waals surface area contributed by atoms with Crippen molar-refractivity contribution in [1.82, 2.24) is 5.32 Å². The topological polar surface area (TPSA) is 38.0 Å². The van der Waals surface area contributed by atoms with E-state index in [9.17, 15) is 4.39 Å². The maximum atomic E-state index is 13.4. The summed E-state index contributed by atoms with van der Waals surface area (Å²) in [4.78, 5) is 0. The Morgan fingerprint density at radius 2 is 1.75 bits per heavy atom. The van der Waals surface area contributed by atoms with Crippen molar-refractivity contribution in [3.8, 4) is 0 Å². The van der Waals surface area contributed by atoms with Crippen LogP contribution in [0.25, 0.3) is 0 Å². The van der Waals surface area contributed by atoms with Crippen molar-refractivity contribution < 1.29 is 4.39 Å². The Morgan fingerprint density at radius 1 is 1.15 bits per heavy atom. The Hall–Kier alpha value is -0.930. The maximum absolute atomic E-state index is 13.4. The van der Waals surface area contributed by atoms with Crippen LogP contribution >= 0.6 is 0 Å². The monoisotopic (exact) mass is 280 g/mol. The molecule has 0 aliphatic rings. The van der Waals surface area contributed by atoms with Gasteiger partial charge in [-0.15, -0.1) is 0 Å². The fourth-order valence-electron chi connectivity index (χ4n) is 2.83. The van der Waals surface area contributed by atoms with Gasteiger partial charge in [0.1, 0.15) is 5.82 Å². The molecular weight excluding hydrogens is 251 g/mol. The number of hydrogen-bond donors (Lipinski definition) is 2. The highest BCUT2D eigenvalue weighted by Crippen LogP contribution is 2.22. The third kappa shape index (κ3) is 4.57. The van der Waals surface area contributed by atoms with Gasteiger partial charge in [-0.3, -0.25) is 0 Å². The Balaban J connectivity index is 2.79. The highest BCUT2D eigenvalue weighted by molar-refractivity contribution is 5.29. The lowest BCUT2D eigenvalue weighted by molar-refractivity contribution is 0.266. The van der Waals surface area contributed by atoms with Crippen LogP contribution in [0.3, 0.4) is 0 Å². The van der Waals surface area contributed by atoms with Crippen LogP contribution in [0.5, 0.6) is 0 Å². The smallest absolute Gasteiger partial charge is 0.123 e. The molecule has 3 N–H and O–H groups in total. The zero-order chi connectivity index (χ0) is 15.3. The molecule has 0 saturated heterocycles. The van der Waals surface area contributed by atoms with Crippen molar-refractivity contribution in [2.75, 3.05) is 13.1 Å². The lowest BCUT2D eigenvalue weighted by Gasteiger charge is -2.28. The molecule has 3 heteroatoms. The molecular formula is C17H29FN2. The summed E-state index contributed by atoms with van der Waals surface area (Å²) < 4.78 is 13.4. The quantitative estimate of drug-likeness (QED) is 0.800. The molecule has 0 spiro atoms. The van der Waals surface area contributed by atoms with E-state index >= 15 is 0 Å². The van der Waals surface area contributed by atoms with Crippen molar-refractivity contribution in [2.45, 2.75) is 40.7 Å². The number of benzene rings is 1. The van der Waals surface area contributed by atoms with E-state index in [1.807, 2.05) is 13.0 Å². The lowest BCUT2D eigenvalue weighted by atomic mass is 9.85. The Kier molecular flexibility index (Phi) is 6.63.